The summed E-state index contributed by atoms with van der Waals surface area (Å²) in [7, 11) is 0. The number of halogens is 6. The highest BCUT2D eigenvalue weighted by molar-refractivity contribution is 9.10. The molecule has 2 N–H and O–H groups in total. The maximum Gasteiger partial charge on any atom is 0.573 e. The Balaban J connectivity index is 3.14. The number of nitrogen functional groups attached to an aromatic ring is 1. The van der Waals surface area contributed by atoms with Crippen LogP contribution < -0.4 is 10.5 Å². The molecule has 8 heteroatoms. The molecule has 0 fully saturated rings. The van der Waals surface area contributed by atoms with E-state index in [4.69, 9.17) is 5.73 Å². The highest BCUT2D eigenvalue weighted by Gasteiger charge is 2.32. The molecule has 0 radical (unpaired) electrons. The second-order valence-electron chi connectivity index (χ2n) is 2.76. The van der Waals surface area contributed by atoms with Gasteiger partial charge in [0.05, 0.1) is 5.69 Å². The van der Waals surface area contributed by atoms with Gasteiger partial charge in [-0.2, -0.15) is 0 Å². The van der Waals surface area contributed by atoms with Gasteiger partial charge in [0.25, 0.3) is 6.43 Å². The normalized spacial score (nSPS) is 11.9. The number of nitrogens with two attached hydrogens (primary N) is 1. The van der Waals surface area contributed by atoms with E-state index < -0.39 is 24.1 Å². The van der Waals surface area contributed by atoms with Gasteiger partial charge in [0.1, 0.15) is 5.75 Å². The van der Waals surface area contributed by atoms with Crippen molar-refractivity contribution < 1.29 is 26.7 Å². The first kappa shape index (κ1) is 13.0. The van der Waals surface area contributed by atoms with Crippen LogP contribution in [0.3, 0.4) is 0 Å². The molecule has 0 amide bonds. The van der Waals surface area contributed by atoms with Crippen LogP contribution in [0.25, 0.3) is 0 Å². The van der Waals surface area contributed by atoms with Gasteiger partial charge < -0.3 is 10.5 Å². The SMILES string of the molecule is Nc1c(Br)cc(OC(F)(F)F)cc1C(F)F. The van der Waals surface area contributed by atoms with Crippen LogP contribution in [0.15, 0.2) is 16.6 Å². The highest BCUT2D eigenvalue weighted by atomic mass is 79.9. The fourth-order valence-corrected chi connectivity index (χ4v) is 1.44. The summed E-state index contributed by atoms with van der Waals surface area (Å²) in [6.07, 6.45) is -7.91. The smallest absolute Gasteiger partial charge is 0.406 e. The minimum absolute atomic E-state index is 0.0791. The molecule has 2 nitrogen and oxygen atoms in total. The van der Waals surface area contributed by atoms with E-state index in [9.17, 15) is 22.0 Å². The zero-order chi connectivity index (χ0) is 12.5. The fourth-order valence-electron chi connectivity index (χ4n) is 0.986. The van der Waals surface area contributed by atoms with Crippen LogP contribution >= 0.6 is 15.9 Å². The summed E-state index contributed by atoms with van der Waals surface area (Å²) in [5.41, 5.74) is 4.22. The minimum Gasteiger partial charge on any atom is -0.406 e. The van der Waals surface area contributed by atoms with Crippen molar-refractivity contribution in [2.24, 2.45) is 0 Å². The number of anilines is 1. The summed E-state index contributed by atoms with van der Waals surface area (Å²) < 4.78 is 63.7. The van der Waals surface area contributed by atoms with Crippen molar-refractivity contribution in [1.82, 2.24) is 0 Å². The molecule has 1 rings (SSSR count). The fraction of sp³-hybridized carbons (Fsp3) is 0.250. The maximum atomic E-state index is 12.4. The van der Waals surface area contributed by atoms with E-state index in [0.29, 0.717) is 6.07 Å². The first-order chi connectivity index (χ1) is 7.20. The average Bonchev–Trinajstić information content (AvgIpc) is 2.07. The van der Waals surface area contributed by atoms with E-state index in [1.165, 1.54) is 0 Å². The van der Waals surface area contributed by atoms with Gasteiger partial charge in [0, 0.05) is 10.0 Å². The van der Waals surface area contributed by atoms with Crippen molar-refractivity contribution in [2.75, 3.05) is 5.73 Å². The molecule has 16 heavy (non-hydrogen) atoms. The van der Waals surface area contributed by atoms with Crippen molar-refractivity contribution in [3.05, 3.63) is 22.2 Å². The molecule has 1 aromatic carbocycles. The summed E-state index contributed by atoms with van der Waals surface area (Å²) in [5.74, 6) is -0.746. The predicted molar refractivity (Wildman–Crippen MR) is 50.2 cm³/mol. The first-order valence-electron chi connectivity index (χ1n) is 3.83. The summed E-state index contributed by atoms with van der Waals surface area (Å²) in [5, 5.41) is 0. The van der Waals surface area contributed by atoms with E-state index in [-0.39, 0.29) is 10.2 Å². The number of hydrogen-bond donors (Lipinski definition) is 1. The van der Waals surface area contributed by atoms with Gasteiger partial charge >= 0.3 is 6.36 Å². The van der Waals surface area contributed by atoms with Crippen LogP contribution in [0.2, 0.25) is 0 Å². The second kappa shape index (κ2) is 4.44. The van der Waals surface area contributed by atoms with Gasteiger partial charge in [-0.05, 0) is 28.1 Å². The zero-order valence-corrected chi connectivity index (χ0v) is 9.07. The monoisotopic (exact) mass is 305 g/mol. The third kappa shape index (κ3) is 3.22. The zero-order valence-electron chi connectivity index (χ0n) is 7.49. The molecule has 0 spiro atoms. The third-order valence-electron chi connectivity index (χ3n) is 1.60. The van der Waals surface area contributed by atoms with E-state index in [1.807, 2.05) is 0 Å². The Labute approximate surface area is 95.3 Å². The quantitative estimate of drug-likeness (QED) is 0.665. The van der Waals surface area contributed by atoms with Gasteiger partial charge in [-0.1, -0.05) is 0 Å². The van der Waals surface area contributed by atoms with E-state index in [0.717, 1.165) is 6.07 Å². The van der Waals surface area contributed by atoms with Crippen LogP contribution in [-0.4, -0.2) is 6.36 Å². The number of ether oxygens (including phenoxy) is 1. The summed E-state index contributed by atoms with van der Waals surface area (Å²) in [6, 6.07) is 1.42. The Kier molecular flexibility index (Phi) is 3.61. The molecule has 0 aliphatic carbocycles. The van der Waals surface area contributed by atoms with Crippen LogP contribution in [0.4, 0.5) is 27.6 Å². The number of rotatable bonds is 2. The third-order valence-corrected chi connectivity index (χ3v) is 2.26. The van der Waals surface area contributed by atoms with Crippen LogP contribution in [0, 0.1) is 0 Å². The molecule has 0 unspecified atom stereocenters. The largest absolute Gasteiger partial charge is 0.573 e. The van der Waals surface area contributed by atoms with Crippen LogP contribution in [0.5, 0.6) is 5.75 Å². The van der Waals surface area contributed by atoms with Crippen molar-refractivity contribution in [3.8, 4) is 5.75 Å². The average molecular weight is 306 g/mol. The molecule has 1 aromatic rings. The summed E-state index contributed by atoms with van der Waals surface area (Å²) >= 11 is 2.77. The topological polar surface area (TPSA) is 35.2 Å². The lowest BCUT2D eigenvalue weighted by molar-refractivity contribution is -0.274. The molecule has 0 aliphatic rings. The van der Waals surface area contributed by atoms with Crippen molar-refractivity contribution in [2.45, 2.75) is 12.8 Å². The van der Waals surface area contributed by atoms with Crippen molar-refractivity contribution >= 4 is 21.6 Å². The molecule has 0 atom stereocenters. The predicted octanol–water partition coefficient (Wildman–Crippen LogP) is 3.87. The molecule has 0 bridgehead atoms. The van der Waals surface area contributed by atoms with Crippen LogP contribution in [-0.2, 0) is 0 Å². The highest BCUT2D eigenvalue weighted by Crippen LogP contribution is 2.36. The molecular formula is C8H5BrF5NO. The van der Waals surface area contributed by atoms with Crippen molar-refractivity contribution in [3.63, 3.8) is 0 Å². The molecule has 0 saturated heterocycles. The molecule has 90 valence electrons. The minimum atomic E-state index is -4.94. The number of benzene rings is 1. The molecular weight excluding hydrogens is 301 g/mol. The van der Waals surface area contributed by atoms with E-state index in [1.54, 1.807) is 0 Å². The summed E-state index contributed by atoms with van der Waals surface area (Å²) in [4.78, 5) is 0. The summed E-state index contributed by atoms with van der Waals surface area (Å²) in [6.45, 7) is 0. The van der Waals surface area contributed by atoms with Gasteiger partial charge in [-0.25, -0.2) is 8.78 Å². The Morgan fingerprint density at radius 1 is 1.25 bits per heavy atom. The number of alkyl halides is 5. The Bertz CT molecular complexity index is 393. The molecule has 0 saturated carbocycles. The van der Waals surface area contributed by atoms with Gasteiger partial charge in [-0.3, -0.25) is 0 Å². The Hall–Kier alpha value is -1.05. The lowest BCUT2D eigenvalue weighted by atomic mass is 10.2. The Morgan fingerprint density at radius 3 is 2.25 bits per heavy atom. The Morgan fingerprint density at radius 2 is 1.81 bits per heavy atom. The lowest BCUT2D eigenvalue weighted by Crippen LogP contribution is -2.17. The molecule has 0 aliphatic heterocycles. The van der Waals surface area contributed by atoms with E-state index >= 15 is 0 Å². The van der Waals surface area contributed by atoms with E-state index in [2.05, 4.69) is 20.7 Å². The molecule has 0 heterocycles. The van der Waals surface area contributed by atoms with Crippen LogP contribution in [0.1, 0.15) is 12.0 Å². The maximum absolute atomic E-state index is 12.4. The van der Waals surface area contributed by atoms with Gasteiger partial charge in [0.2, 0.25) is 0 Å². The van der Waals surface area contributed by atoms with Crippen molar-refractivity contribution in [1.29, 1.82) is 0 Å². The second-order valence-corrected chi connectivity index (χ2v) is 3.61. The first-order valence-corrected chi connectivity index (χ1v) is 4.63. The standard InChI is InChI=1S/C8H5BrF5NO/c9-5-2-3(16-8(12,13)14)1-4(6(5)15)7(10)11/h1-2,7H,15H2. The van der Waals surface area contributed by atoms with Gasteiger partial charge in [-0.15, -0.1) is 13.2 Å². The number of hydrogen-bond acceptors (Lipinski definition) is 2. The lowest BCUT2D eigenvalue weighted by Gasteiger charge is -2.12. The molecule has 0 aromatic heterocycles. The van der Waals surface area contributed by atoms with Gasteiger partial charge in [0.15, 0.2) is 0 Å².